The Hall–Kier alpha value is -4.77. The molecule has 0 saturated carbocycles. The van der Waals surface area contributed by atoms with Crippen LogP contribution in [0.4, 0.5) is 20.3 Å². The number of halogens is 2. The Balaban J connectivity index is 1.27. The van der Waals surface area contributed by atoms with Gasteiger partial charge in [0.15, 0.2) is 11.6 Å². The lowest BCUT2D eigenvalue weighted by atomic mass is 10.1. The fourth-order valence-corrected chi connectivity index (χ4v) is 4.91. The number of hydrogen-bond acceptors (Lipinski definition) is 7. The van der Waals surface area contributed by atoms with E-state index in [0.29, 0.717) is 30.2 Å². The van der Waals surface area contributed by atoms with Gasteiger partial charge < -0.3 is 25.1 Å². The van der Waals surface area contributed by atoms with E-state index in [-0.39, 0.29) is 23.0 Å². The first kappa shape index (κ1) is 25.5. The Morgan fingerprint density at radius 3 is 2.48 bits per heavy atom. The Labute approximate surface area is 228 Å². The van der Waals surface area contributed by atoms with Crippen LogP contribution in [0.5, 0.6) is 11.6 Å². The van der Waals surface area contributed by atoms with Crippen LogP contribution in [0.1, 0.15) is 27.2 Å². The first-order valence-corrected chi connectivity index (χ1v) is 12.7. The molecule has 3 N–H and O–H groups in total. The highest BCUT2D eigenvalue weighted by atomic mass is 19.1. The van der Waals surface area contributed by atoms with Crippen molar-refractivity contribution in [1.82, 2.24) is 19.7 Å². The number of aryl methyl sites for hydroxylation is 2. The maximum Gasteiger partial charge on any atom is 0.219 e. The molecule has 4 heterocycles. The van der Waals surface area contributed by atoms with Crippen LogP contribution in [0.25, 0.3) is 16.6 Å². The molecule has 0 radical (unpaired) electrons. The predicted molar refractivity (Wildman–Crippen MR) is 146 cm³/mol. The molecule has 1 saturated heterocycles. The van der Waals surface area contributed by atoms with Gasteiger partial charge >= 0.3 is 0 Å². The van der Waals surface area contributed by atoms with Crippen molar-refractivity contribution in [3.05, 3.63) is 88.9 Å². The maximum atomic E-state index is 14.0. The van der Waals surface area contributed by atoms with Gasteiger partial charge in [-0.25, -0.2) is 18.4 Å². The molecular formula is C29H26F2N6O3. The van der Waals surface area contributed by atoms with E-state index in [0.717, 1.165) is 47.4 Å². The number of morpholine rings is 1. The molecule has 0 amide bonds. The number of nitrogens with one attached hydrogen (secondary N) is 1. The van der Waals surface area contributed by atoms with Gasteiger partial charge in [-0.1, -0.05) is 6.07 Å². The smallest absolute Gasteiger partial charge is 0.219 e. The van der Waals surface area contributed by atoms with Crippen LogP contribution < -0.4 is 15.4 Å². The van der Waals surface area contributed by atoms with Crippen molar-refractivity contribution in [1.29, 1.82) is 0 Å². The van der Waals surface area contributed by atoms with E-state index in [1.54, 1.807) is 6.92 Å². The molecule has 0 unspecified atom stereocenters. The van der Waals surface area contributed by atoms with Gasteiger partial charge in [0.25, 0.3) is 0 Å². The van der Waals surface area contributed by atoms with Crippen LogP contribution in [-0.4, -0.2) is 51.8 Å². The number of anilines is 2. The molecule has 0 bridgehead atoms. The molecule has 0 spiro atoms. The van der Waals surface area contributed by atoms with E-state index >= 15 is 0 Å². The number of pyridine rings is 1. The number of nitrogen functional groups attached to an aromatic ring is 1. The fourth-order valence-electron chi connectivity index (χ4n) is 4.91. The third-order valence-electron chi connectivity index (χ3n) is 7.00. The average Bonchev–Trinajstić information content (AvgIpc) is 3.53. The van der Waals surface area contributed by atoms with Crippen LogP contribution in [0.2, 0.25) is 0 Å². The molecule has 0 atom stereocenters. The van der Waals surface area contributed by atoms with Crippen LogP contribution in [-0.2, 0) is 4.74 Å². The molecule has 1 aliphatic rings. The van der Waals surface area contributed by atoms with Gasteiger partial charge in [0.1, 0.15) is 5.82 Å². The van der Waals surface area contributed by atoms with Crippen LogP contribution in [0.15, 0.2) is 54.9 Å². The number of rotatable bonds is 6. The van der Waals surface area contributed by atoms with Crippen LogP contribution in [0.3, 0.4) is 0 Å². The maximum absolute atomic E-state index is 14.0. The largest absolute Gasteiger partial charge is 0.433 e. The number of aromatic amines is 1. The standard InChI is InChI=1S/C29H26F2N6O3/c1-16-10-18-12-23(35-22(18)13-24(16)36-6-8-39-9-7-36)27(38)19-14-34-37(29(19)32)25-15-33-26(11-17(25)2)40-28-20(30)4-3-5-21(28)31/h3-5,10-15,35H,6-9,32H2,1-2H3. The van der Waals surface area contributed by atoms with E-state index in [1.165, 1.54) is 29.2 Å². The summed E-state index contributed by atoms with van der Waals surface area (Å²) in [5, 5.41) is 5.24. The van der Waals surface area contributed by atoms with Crippen LogP contribution in [0, 0.1) is 25.5 Å². The van der Waals surface area contributed by atoms with Gasteiger partial charge in [0.05, 0.1) is 42.6 Å². The van der Waals surface area contributed by atoms with Gasteiger partial charge in [0.2, 0.25) is 17.4 Å². The summed E-state index contributed by atoms with van der Waals surface area (Å²) in [6.45, 7) is 6.80. The normalized spacial score (nSPS) is 13.7. The highest BCUT2D eigenvalue weighted by molar-refractivity contribution is 6.12. The topological polar surface area (TPSA) is 111 Å². The average molecular weight is 545 g/mol. The molecule has 40 heavy (non-hydrogen) atoms. The number of ketones is 1. The molecule has 204 valence electrons. The van der Waals surface area contributed by atoms with Gasteiger partial charge in [-0.05, 0) is 55.3 Å². The first-order chi connectivity index (χ1) is 19.3. The number of ether oxygens (including phenoxy) is 2. The molecule has 3 aromatic heterocycles. The summed E-state index contributed by atoms with van der Waals surface area (Å²) in [6, 6.07) is 10.9. The molecule has 9 nitrogen and oxygen atoms in total. The summed E-state index contributed by atoms with van der Waals surface area (Å²) in [6.07, 6.45) is 2.83. The molecule has 0 aliphatic carbocycles. The van der Waals surface area contributed by atoms with Crippen molar-refractivity contribution in [2.75, 3.05) is 36.9 Å². The summed E-state index contributed by atoms with van der Waals surface area (Å²) in [4.78, 5) is 23.1. The number of aromatic nitrogens is 4. The lowest BCUT2D eigenvalue weighted by Gasteiger charge is -2.30. The zero-order valence-electron chi connectivity index (χ0n) is 21.9. The number of nitrogens with zero attached hydrogens (tertiary/aromatic N) is 4. The van der Waals surface area contributed by atoms with Crippen LogP contribution >= 0.6 is 0 Å². The summed E-state index contributed by atoms with van der Waals surface area (Å²) >= 11 is 0. The number of fused-ring (bicyclic) bond motifs is 1. The van der Waals surface area contributed by atoms with Crippen molar-refractivity contribution < 1.29 is 23.0 Å². The van der Waals surface area contributed by atoms with Crippen molar-refractivity contribution in [2.24, 2.45) is 0 Å². The number of H-pyrrole nitrogens is 1. The minimum absolute atomic E-state index is 0.00269. The van der Waals surface area contributed by atoms with E-state index in [1.807, 2.05) is 6.07 Å². The lowest BCUT2D eigenvalue weighted by molar-refractivity contribution is 0.103. The second-order valence-electron chi connectivity index (χ2n) is 9.65. The lowest BCUT2D eigenvalue weighted by Crippen LogP contribution is -2.36. The molecule has 5 aromatic rings. The zero-order chi connectivity index (χ0) is 28.0. The number of para-hydroxylation sites is 1. The van der Waals surface area contributed by atoms with Gasteiger partial charge in [-0.2, -0.15) is 5.10 Å². The third-order valence-corrected chi connectivity index (χ3v) is 7.00. The number of hydrogen-bond donors (Lipinski definition) is 2. The number of carbonyl (C=O) groups is 1. The van der Waals surface area contributed by atoms with Gasteiger partial charge in [-0.3, -0.25) is 4.79 Å². The molecule has 2 aromatic carbocycles. The zero-order valence-corrected chi connectivity index (χ0v) is 21.9. The Bertz CT molecular complexity index is 1740. The minimum Gasteiger partial charge on any atom is -0.433 e. The second-order valence-corrected chi connectivity index (χ2v) is 9.65. The molecule has 1 fully saturated rings. The second kappa shape index (κ2) is 10.1. The molecule has 11 heteroatoms. The number of carbonyl (C=O) groups excluding carboxylic acids is 1. The predicted octanol–water partition coefficient (Wildman–Crippen LogP) is 5.09. The van der Waals surface area contributed by atoms with E-state index < -0.39 is 17.4 Å². The Morgan fingerprint density at radius 2 is 1.75 bits per heavy atom. The summed E-state index contributed by atoms with van der Waals surface area (Å²) < 4.78 is 40.2. The molecule has 6 rings (SSSR count). The Kier molecular flexibility index (Phi) is 6.43. The van der Waals surface area contributed by atoms with E-state index in [4.69, 9.17) is 15.2 Å². The summed E-state index contributed by atoms with van der Waals surface area (Å²) in [5.74, 6) is -2.39. The highest BCUT2D eigenvalue weighted by Gasteiger charge is 2.22. The van der Waals surface area contributed by atoms with Crippen molar-refractivity contribution in [3.8, 4) is 17.3 Å². The highest BCUT2D eigenvalue weighted by Crippen LogP contribution is 2.31. The molecule has 1 aliphatic heterocycles. The third kappa shape index (κ3) is 4.54. The summed E-state index contributed by atoms with van der Waals surface area (Å²) in [5.41, 5.74) is 11.2. The van der Waals surface area contributed by atoms with Gasteiger partial charge in [-0.15, -0.1) is 0 Å². The van der Waals surface area contributed by atoms with E-state index in [2.05, 4.69) is 39.0 Å². The first-order valence-electron chi connectivity index (χ1n) is 12.7. The number of nitrogens with two attached hydrogens (primary N) is 1. The quantitative estimate of drug-likeness (QED) is 0.287. The van der Waals surface area contributed by atoms with E-state index in [9.17, 15) is 13.6 Å². The fraction of sp³-hybridized carbons (Fsp3) is 0.207. The monoisotopic (exact) mass is 544 g/mol. The van der Waals surface area contributed by atoms with Crippen molar-refractivity contribution in [3.63, 3.8) is 0 Å². The Morgan fingerprint density at radius 1 is 1.02 bits per heavy atom. The SMILES string of the molecule is Cc1cc2cc(C(=O)c3cnn(-c4cnc(Oc5c(F)cccc5F)cc4C)c3N)[nH]c2cc1N1CCOCC1. The van der Waals surface area contributed by atoms with Crippen molar-refractivity contribution in [2.45, 2.75) is 13.8 Å². The summed E-state index contributed by atoms with van der Waals surface area (Å²) in [7, 11) is 0. The van der Waals surface area contributed by atoms with Crippen molar-refractivity contribution >= 4 is 28.2 Å². The van der Waals surface area contributed by atoms with Gasteiger partial charge in [0, 0.05) is 35.7 Å². The number of benzene rings is 2. The molecular weight excluding hydrogens is 518 g/mol. The minimum atomic E-state index is -0.840.